The Morgan fingerprint density at radius 1 is 0.974 bits per heavy atom. The predicted octanol–water partition coefficient (Wildman–Crippen LogP) is 3.70. The Bertz CT molecular complexity index is 1410. The smallest absolute Gasteiger partial charge is 0.416 e. The van der Waals surface area contributed by atoms with Gasteiger partial charge in [-0.2, -0.15) is 18.4 Å². The normalized spacial score (nSPS) is 15.6. The van der Waals surface area contributed by atoms with Crippen molar-refractivity contribution in [3.05, 3.63) is 87.4 Å². The van der Waals surface area contributed by atoms with Gasteiger partial charge < -0.3 is 19.9 Å². The van der Waals surface area contributed by atoms with E-state index in [1.54, 1.807) is 30.3 Å². The maximum atomic E-state index is 13.9. The highest BCUT2D eigenvalue weighted by molar-refractivity contribution is 6.08. The molecule has 38 heavy (non-hydrogen) atoms. The number of rotatable bonds is 5. The highest BCUT2D eigenvalue weighted by Crippen LogP contribution is 2.45. The molecule has 0 aromatic heterocycles. The van der Waals surface area contributed by atoms with E-state index in [-0.39, 0.29) is 11.1 Å². The van der Waals surface area contributed by atoms with Crippen molar-refractivity contribution in [2.75, 3.05) is 26.2 Å². The molecule has 3 rings (SSSR count). The molecule has 12 heteroatoms. The lowest BCUT2D eigenvalue weighted by molar-refractivity contribution is -0.139. The summed E-state index contributed by atoms with van der Waals surface area (Å²) in [6, 6.07) is 11.4. The summed E-state index contributed by atoms with van der Waals surface area (Å²) in [4.78, 5) is 39.7. The second-order valence-electron chi connectivity index (χ2n) is 8.01. The van der Waals surface area contributed by atoms with Crippen LogP contribution in [0.25, 0.3) is 0 Å². The largest absolute Gasteiger partial charge is 0.466 e. The quantitative estimate of drug-likeness (QED) is 0.455. The number of methoxy groups -OCH3 is 3. The first-order valence-electron chi connectivity index (χ1n) is 10.9. The van der Waals surface area contributed by atoms with Gasteiger partial charge in [0.2, 0.25) is 0 Å². The first-order chi connectivity index (χ1) is 17.9. The van der Waals surface area contributed by atoms with Crippen LogP contribution in [-0.2, 0) is 30.0 Å². The van der Waals surface area contributed by atoms with Crippen molar-refractivity contribution in [2.24, 2.45) is 5.73 Å². The number of nitrogens with zero attached hydrogens (tertiary/aromatic N) is 2. The molecule has 1 heterocycles. The molecule has 1 unspecified atom stereocenters. The lowest BCUT2D eigenvalue weighted by Gasteiger charge is -2.36. The van der Waals surface area contributed by atoms with Gasteiger partial charge in [-0.15, -0.1) is 0 Å². The monoisotopic (exact) mass is 529 g/mol. The van der Waals surface area contributed by atoms with Gasteiger partial charge in [0.15, 0.2) is 0 Å². The second-order valence-corrected chi connectivity index (χ2v) is 8.01. The number of carbonyl (C=O) groups excluding carboxylic acids is 3. The van der Waals surface area contributed by atoms with Gasteiger partial charge in [-0.3, -0.25) is 4.90 Å². The zero-order valence-electron chi connectivity index (χ0n) is 20.7. The third-order valence-electron chi connectivity index (χ3n) is 5.90. The molecular weight excluding hydrogens is 507 g/mol. The summed E-state index contributed by atoms with van der Waals surface area (Å²) in [6.07, 6.45) is -4.87. The van der Waals surface area contributed by atoms with Gasteiger partial charge in [0.25, 0.3) is 0 Å². The van der Waals surface area contributed by atoms with Gasteiger partial charge >= 0.3 is 24.1 Å². The zero-order valence-corrected chi connectivity index (χ0v) is 20.7. The summed E-state index contributed by atoms with van der Waals surface area (Å²) in [6.45, 7) is 1.14. The molecule has 0 saturated heterocycles. The minimum atomic E-state index is -4.87. The Labute approximate surface area is 215 Å². The van der Waals surface area contributed by atoms with E-state index in [1.165, 1.54) is 0 Å². The minimum absolute atomic E-state index is 0.283. The Hall–Kier alpha value is -4.79. The summed E-state index contributed by atoms with van der Waals surface area (Å²) in [5.74, 6) is -5.06. The molecule has 1 aliphatic rings. The highest BCUT2D eigenvalue weighted by atomic mass is 19.4. The number of alkyl halides is 3. The van der Waals surface area contributed by atoms with Crippen molar-refractivity contribution in [3.63, 3.8) is 0 Å². The van der Waals surface area contributed by atoms with Gasteiger partial charge in [0.05, 0.1) is 61.3 Å². The minimum Gasteiger partial charge on any atom is -0.466 e. The fourth-order valence-electron chi connectivity index (χ4n) is 4.22. The van der Waals surface area contributed by atoms with Crippen LogP contribution in [-0.4, -0.2) is 39.2 Å². The fourth-order valence-corrected chi connectivity index (χ4v) is 4.22. The Balaban J connectivity index is 2.56. The lowest BCUT2D eigenvalue weighted by Crippen LogP contribution is -2.41. The molecule has 0 amide bonds. The Morgan fingerprint density at radius 2 is 1.55 bits per heavy atom. The van der Waals surface area contributed by atoms with Crippen LogP contribution in [0.2, 0.25) is 0 Å². The average Bonchev–Trinajstić information content (AvgIpc) is 2.90. The molecule has 2 N–H and O–H groups in total. The number of esters is 3. The number of anilines is 1. The number of allylic oxidation sites excluding steroid dienone is 1. The fraction of sp³-hybridized carbons (Fsp3) is 0.231. The summed E-state index contributed by atoms with van der Waals surface area (Å²) in [5.41, 5.74) is 2.91. The molecule has 0 bridgehead atoms. The number of carbonyl (C=O) groups is 3. The van der Waals surface area contributed by atoms with Gasteiger partial charge in [0, 0.05) is 0 Å². The SMILES string of the molecule is COC(=O)C1=C(C(=O)OC)N(c2cc(C(F)(F)F)c(C)cc2C(=O)OC)C(N)=C(C#N)C1c1ccccc1. The molecule has 9 nitrogen and oxygen atoms in total. The van der Waals surface area contributed by atoms with Crippen LogP contribution in [0.4, 0.5) is 18.9 Å². The molecule has 0 fully saturated rings. The molecule has 198 valence electrons. The molecular formula is C26H22F3N3O6. The van der Waals surface area contributed by atoms with Crippen LogP contribution in [0.15, 0.2) is 65.1 Å². The molecule has 2 aromatic carbocycles. The van der Waals surface area contributed by atoms with Crippen molar-refractivity contribution in [3.8, 4) is 6.07 Å². The standard InChI is InChI=1S/C26H22F3N3O6/c1-13-10-15(23(33)36-2)18(11-17(13)26(27,28)29)32-21(25(35)38-4)20(24(34)37-3)19(16(12-30)22(32)31)14-8-6-5-7-9-14/h5-11,19H,31H2,1-4H3. The maximum absolute atomic E-state index is 13.9. The van der Waals surface area contributed by atoms with Gasteiger partial charge in [-0.05, 0) is 30.2 Å². The van der Waals surface area contributed by atoms with E-state index in [1.807, 2.05) is 6.07 Å². The molecule has 0 aliphatic carbocycles. The van der Waals surface area contributed by atoms with Crippen molar-refractivity contribution >= 4 is 23.6 Å². The van der Waals surface area contributed by atoms with Gasteiger partial charge in [0.1, 0.15) is 11.5 Å². The third-order valence-corrected chi connectivity index (χ3v) is 5.90. The molecule has 1 atom stereocenters. The first-order valence-corrected chi connectivity index (χ1v) is 10.9. The van der Waals surface area contributed by atoms with Crippen LogP contribution in [0.3, 0.4) is 0 Å². The van der Waals surface area contributed by atoms with Crippen molar-refractivity contribution < 1.29 is 41.8 Å². The van der Waals surface area contributed by atoms with E-state index in [0.717, 1.165) is 39.2 Å². The number of nitrogens with two attached hydrogens (primary N) is 1. The van der Waals surface area contributed by atoms with E-state index in [9.17, 15) is 32.8 Å². The van der Waals surface area contributed by atoms with Gasteiger partial charge in [-0.1, -0.05) is 30.3 Å². The number of halogens is 3. The number of benzene rings is 2. The number of aryl methyl sites for hydroxylation is 1. The highest BCUT2D eigenvalue weighted by Gasteiger charge is 2.45. The Kier molecular flexibility index (Phi) is 7.81. The Morgan fingerprint density at radius 3 is 2.05 bits per heavy atom. The van der Waals surface area contributed by atoms with Crippen molar-refractivity contribution in [1.82, 2.24) is 0 Å². The average molecular weight is 529 g/mol. The van der Waals surface area contributed by atoms with Crippen LogP contribution in [0.1, 0.15) is 33.0 Å². The third kappa shape index (κ3) is 4.78. The van der Waals surface area contributed by atoms with Crippen LogP contribution in [0.5, 0.6) is 0 Å². The molecule has 0 radical (unpaired) electrons. The van der Waals surface area contributed by atoms with Crippen molar-refractivity contribution in [2.45, 2.75) is 19.0 Å². The number of nitriles is 1. The van der Waals surface area contributed by atoms with E-state index in [2.05, 4.69) is 0 Å². The molecule has 0 spiro atoms. The number of ether oxygens (including phenoxy) is 3. The predicted molar refractivity (Wildman–Crippen MR) is 127 cm³/mol. The summed E-state index contributed by atoms with van der Waals surface area (Å²) < 4.78 is 56.2. The van der Waals surface area contributed by atoms with Crippen molar-refractivity contribution in [1.29, 1.82) is 5.26 Å². The molecule has 1 aliphatic heterocycles. The van der Waals surface area contributed by atoms with Crippen LogP contribution >= 0.6 is 0 Å². The topological polar surface area (TPSA) is 132 Å². The summed E-state index contributed by atoms with van der Waals surface area (Å²) in [5, 5.41) is 10.1. The van der Waals surface area contributed by atoms with Crippen LogP contribution < -0.4 is 10.6 Å². The lowest BCUT2D eigenvalue weighted by atomic mass is 9.80. The van der Waals surface area contributed by atoms with Crippen LogP contribution in [0, 0.1) is 18.3 Å². The molecule has 0 saturated carbocycles. The van der Waals surface area contributed by atoms with E-state index >= 15 is 0 Å². The van der Waals surface area contributed by atoms with E-state index in [4.69, 9.17) is 19.9 Å². The summed E-state index contributed by atoms with van der Waals surface area (Å²) >= 11 is 0. The van der Waals surface area contributed by atoms with Gasteiger partial charge in [-0.25, -0.2) is 14.4 Å². The first kappa shape index (κ1) is 27.8. The van der Waals surface area contributed by atoms with E-state index in [0.29, 0.717) is 11.6 Å². The second kappa shape index (κ2) is 10.7. The number of hydrogen-bond acceptors (Lipinski definition) is 9. The maximum Gasteiger partial charge on any atom is 0.416 e. The zero-order chi connectivity index (χ0) is 28.4. The summed E-state index contributed by atoms with van der Waals surface area (Å²) in [7, 11) is 3.02. The number of hydrogen-bond donors (Lipinski definition) is 1. The van der Waals surface area contributed by atoms with E-state index < -0.39 is 63.9 Å². The molecule has 2 aromatic rings.